The van der Waals surface area contributed by atoms with Gasteiger partial charge in [-0.25, -0.2) is 4.39 Å². The maximum absolute atomic E-state index is 13.2. The fourth-order valence-electron chi connectivity index (χ4n) is 2.09. The van der Waals surface area contributed by atoms with Crippen molar-refractivity contribution >= 4 is 11.3 Å². The lowest BCUT2D eigenvalue weighted by Gasteiger charge is -2.24. The molecule has 3 heteroatoms. The third-order valence-corrected chi connectivity index (χ3v) is 4.62. The zero-order valence-corrected chi connectivity index (χ0v) is 12.5. The first-order valence-corrected chi connectivity index (χ1v) is 7.37. The number of rotatable bonds is 5. The molecule has 2 aromatic rings. The molecule has 0 bridgehead atoms. The Labute approximate surface area is 118 Å². The zero-order chi connectivity index (χ0) is 13.9. The van der Waals surface area contributed by atoms with Crippen molar-refractivity contribution < 1.29 is 4.39 Å². The van der Waals surface area contributed by atoms with Gasteiger partial charge in [-0.05, 0) is 41.6 Å². The van der Waals surface area contributed by atoms with E-state index in [4.69, 9.17) is 0 Å². The van der Waals surface area contributed by atoms with E-state index in [1.54, 1.807) is 17.4 Å². The molecule has 1 N–H and O–H groups in total. The molecule has 0 radical (unpaired) electrons. The van der Waals surface area contributed by atoms with Crippen molar-refractivity contribution in [2.45, 2.75) is 32.7 Å². The molecule has 0 spiro atoms. The summed E-state index contributed by atoms with van der Waals surface area (Å²) in [6.45, 7) is 8.05. The second-order valence-electron chi connectivity index (χ2n) is 5.54. The lowest BCUT2D eigenvalue weighted by atomic mass is 9.91. The molecule has 0 aliphatic heterocycles. The van der Waals surface area contributed by atoms with Crippen LogP contribution in [0, 0.1) is 12.7 Å². The number of hydrogen-bond donors (Lipinski definition) is 1. The first kappa shape index (κ1) is 14.2. The van der Waals surface area contributed by atoms with Gasteiger partial charge >= 0.3 is 0 Å². The fraction of sp³-hybridized carbons (Fsp3) is 0.375. The van der Waals surface area contributed by atoms with Gasteiger partial charge in [-0.3, -0.25) is 0 Å². The summed E-state index contributed by atoms with van der Waals surface area (Å²) in [5.74, 6) is -0.167. The quantitative estimate of drug-likeness (QED) is 0.861. The highest BCUT2D eigenvalue weighted by atomic mass is 32.1. The maximum atomic E-state index is 13.2. The molecule has 1 aromatic heterocycles. The van der Waals surface area contributed by atoms with Crippen LogP contribution in [0.1, 0.15) is 29.9 Å². The monoisotopic (exact) mass is 277 g/mol. The summed E-state index contributed by atoms with van der Waals surface area (Å²) in [5, 5.41) is 5.54. The van der Waals surface area contributed by atoms with Crippen LogP contribution < -0.4 is 5.32 Å². The van der Waals surface area contributed by atoms with Crippen LogP contribution in [0.5, 0.6) is 0 Å². The molecule has 0 fully saturated rings. The van der Waals surface area contributed by atoms with Gasteiger partial charge < -0.3 is 5.32 Å². The predicted molar refractivity (Wildman–Crippen MR) is 80.2 cm³/mol. The molecule has 102 valence electrons. The summed E-state index contributed by atoms with van der Waals surface area (Å²) in [6, 6.07) is 9.20. The molecule has 0 atom stereocenters. The lowest BCUT2D eigenvalue weighted by molar-refractivity contribution is 0.476. The van der Waals surface area contributed by atoms with Gasteiger partial charge in [0.1, 0.15) is 5.82 Å². The van der Waals surface area contributed by atoms with E-state index in [-0.39, 0.29) is 11.2 Å². The van der Waals surface area contributed by atoms with Crippen LogP contribution >= 0.6 is 11.3 Å². The highest BCUT2D eigenvalue weighted by Crippen LogP contribution is 2.26. The summed E-state index contributed by atoms with van der Waals surface area (Å²) in [6.07, 6.45) is 0. The summed E-state index contributed by atoms with van der Waals surface area (Å²) < 4.78 is 13.2. The van der Waals surface area contributed by atoms with E-state index in [2.05, 4.69) is 36.7 Å². The van der Waals surface area contributed by atoms with Gasteiger partial charge in [0.25, 0.3) is 0 Å². The summed E-state index contributed by atoms with van der Waals surface area (Å²) in [4.78, 5) is 1.37. The summed E-state index contributed by atoms with van der Waals surface area (Å²) in [5.41, 5.74) is 2.26. The van der Waals surface area contributed by atoms with E-state index in [0.717, 1.165) is 17.7 Å². The molecular formula is C16H20FNS. The Kier molecular flexibility index (Phi) is 4.38. The van der Waals surface area contributed by atoms with Gasteiger partial charge in [0.2, 0.25) is 0 Å². The number of benzene rings is 1. The minimum Gasteiger partial charge on any atom is -0.312 e. The van der Waals surface area contributed by atoms with Crippen molar-refractivity contribution in [1.82, 2.24) is 5.32 Å². The predicted octanol–water partition coefficient (Wildman–Crippen LogP) is 4.26. The van der Waals surface area contributed by atoms with Gasteiger partial charge in [-0.1, -0.05) is 26.0 Å². The van der Waals surface area contributed by atoms with Crippen LogP contribution in [0.2, 0.25) is 0 Å². The third-order valence-electron chi connectivity index (χ3n) is 3.38. The minimum atomic E-state index is -0.167. The Morgan fingerprint density at radius 2 is 2.05 bits per heavy atom. The molecule has 19 heavy (non-hydrogen) atoms. The topological polar surface area (TPSA) is 12.0 Å². The normalized spacial score (nSPS) is 11.8. The second-order valence-corrected chi connectivity index (χ2v) is 6.48. The third kappa shape index (κ3) is 3.64. The van der Waals surface area contributed by atoms with E-state index >= 15 is 0 Å². The van der Waals surface area contributed by atoms with Crippen LogP contribution in [0.25, 0.3) is 0 Å². The number of hydrogen-bond acceptors (Lipinski definition) is 2. The zero-order valence-electron chi connectivity index (χ0n) is 11.7. The Morgan fingerprint density at radius 1 is 1.26 bits per heavy atom. The van der Waals surface area contributed by atoms with Gasteiger partial charge in [0.05, 0.1) is 0 Å². The van der Waals surface area contributed by atoms with Crippen LogP contribution in [0.4, 0.5) is 4.39 Å². The Hall–Kier alpha value is -1.19. The van der Waals surface area contributed by atoms with Crippen molar-refractivity contribution in [2.24, 2.45) is 0 Å². The molecule has 1 heterocycles. The molecule has 0 saturated carbocycles. The largest absolute Gasteiger partial charge is 0.312 e. The van der Waals surface area contributed by atoms with Gasteiger partial charge in [-0.2, -0.15) is 0 Å². The first-order chi connectivity index (χ1) is 8.99. The number of aryl methyl sites for hydroxylation is 1. The van der Waals surface area contributed by atoms with Gasteiger partial charge in [0.15, 0.2) is 0 Å². The SMILES string of the molecule is Cc1ccc(F)cc1CNCC(C)(C)c1cccs1. The van der Waals surface area contributed by atoms with E-state index in [0.29, 0.717) is 6.54 Å². The van der Waals surface area contributed by atoms with E-state index in [9.17, 15) is 4.39 Å². The van der Waals surface area contributed by atoms with Crippen molar-refractivity contribution in [1.29, 1.82) is 0 Å². The fourth-order valence-corrected chi connectivity index (χ4v) is 2.94. The van der Waals surface area contributed by atoms with E-state index in [1.807, 2.05) is 13.0 Å². The molecular weight excluding hydrogens is 257 g/mol. The highest BCUT2D eigenvalue weighted by molar-refractivity contribution is 7.10. The van der Waals surface area contributed by atoms with Crippen LogP contribution in [-0.4, -0.2) is 6.54 Å². The minimum absolute atomic E-state index is 0.107. The summed E-state index contributed by atoms with van der Waals surface area (Å²) >= 11 is 1.78. The molecule has 0 aliphatic rings. The Bertz CT molecular complexity index is 532. The highest BCUT2D eigenvalue weighted by Gasteiger charge is 2.21. The van der Waals surface area contributed by atoms with Crippen molar-refractivity contribution in [3.05, 3.63) is 57.5 Å². The standard InChI is InChI=1S/C16H20FNS/c1-12-6-7-14(17)9-13(12)10-18-11-16(2,3)15-5-4-8-19-15/h4-9,18H,10-11H2,1-3H3. The molecule has 0 aliphatic carbocycles. The number of thiophene rings is 1. The van der Waals surface area contributed by atoms with Gasteiger partial charge in [0, 0.05) is 23.4 Å². The van der Waals surface area contributed by atoms with Crippen molar-refractivity contribution in [3.8, 4) is 0 Å². The number of halogens is 1. The molecule has 2 rings (SSSR count). The van der Waals surface area contributed by atoms with E-state index < -0.39 is 0 Å². The Morgan fingerprint density at radius 3 is 2.74 bits per heavy atom. The van der Waals surface area contributed by atoms with Crippen LogP contribution in [0.3, 0.4) is 0 Å². The molecule has 0 unspecified atom stereocenters. The molecule has 1 nitrogen and oxygen atoms in total. The summed E-state index contributed by atoms with van der Waals surface area (Å²) in [7, 11) is 0. The van der Waals surface area contributed by atoms with E-state index in [1.165, 1.54) is 10.9 Å². The smallest absolute Gasteiger partial charge is 0.123 e. The lowest BCUT2D eigenvalue weighted by Crippen LogP contribution is -2.32. The maximum Gasteiger partial charge on any atom is 0.123 e. The average molecular weight is 277 g/mol. The average Bonchev–Trinajstić information content (AvgIpc) is 2.88. The van der Waals surface area contributed by atoms with Crippen molar-refractivity contribution in [2.75, 3.05) is 6.54 Å². The first-order valence-electron chi connectivity index (χ1n) is 6.49. The molecule has 0 saturated heterocycles. The van der Waals surface area contributed by atoms with Crippen LogP contribution in [0.15, 0.2) is 35.7 Å². The van der Waals surface area contributed by atoms with Gasteiger partial charge in [-0.15, -0.1) is 11.3 Å². The van der Waals surface area contributed by atoms with Crippen molar-refractivity contribution in [3.63, 3.8) is 0 Å². The number of nitrogens with one attached hydrogen (secondary N) is 1. The molecule has 0 amide bonds. The Balaban J connectivity index is 1.95. The molecule has 1 aromatic carbocycles. The second kappa shape index (κ2) is 5.85. The van der Waals surface area contributed by atoms with Crippen LogP contribution in [-0.2, 0) is 12.0 Å².